The van der Waals surface area contributed by atoms with Crippen molar-refractivity contribution in [2.75, 3.05) is 0 Å². The summed E-state index contributed by atoms with van der Waals surface area (Å²) in [6.45, 7) is 50.5. The second kappa shape index (κ2) is 22.5. The van der Waals surface area contributed by atoms with Crippen LogP contribution < -0.4 is 0 Å². The van der Waals surface area contributed by atoms with E-state index in [9.17, 15) is 0 Å². The molecule has 3 aromatic heterocycles. The Labute approximate surface area is 524 Å². The van der Waals surface area contributed by atoms with Gasteiger partial charge < -0.3 is 9.97 Å². The number of aromatic amines is 2. The molecule has 0 atom stereocenters. The Morgan fingerprint density at radius 2 is 0.489 bits per heavy atom. The predicted octanol–water partition coefficient (Wildman–Crippen LogP) is 18.0. The first kappa shape index (κ1) is 63.2. The first-order valence-corrected chi connectivity index (χ1v) is 30.3. The van der Waals surface area contributed by atoms with Crippen LogP contribution in [0.4, 0.5) is 0 Å². The summed E-state index contributed by atoms with van der Waals surface area (Å²) < 4.78 is 0. The van der Waals surface area contributed by atoms with E-state index in [1.165, 1.54) is 0 Å². The maximum Gasteiger partial charge on any atom is 0.166 e. The molecule has 0 spiro atoms. The second-order valence-corrected chi connectivity index (χ2v) is 31.3. The fraction of sp³-hybridized carbons (Fsp3) is 0.400. The van der Waals surface area contributed by atoms with Crippen LogP contribution in [0.25, 0.3) is 89.7 Å². The summed E-state index contributed by atoms with van der Waals surface area (Å²) in [5.74, 6) is 58.4. The minimum absolute atomic E-state index is 0.299. The van der Waals surface area contributed by atoms with Gasteiger partial charge in [0.1, 0.15) is 22.6 Å². The van der Waals surface area contributed by atoms with Crippen molar-refractivity contribution >= 4 is 44.1 Å². The van der Waals surface area contributed by atoms with Crippen LogP contribution in [-0.4, -0.2) is 39.9 Å². The molecule has 2 N–H and O–H groups in total. The van der Waals surface area contributed by atoms with Crippen LogP contribution in [-0.2, 0) is 0 Å². The minimum atomic E-state index is -0.362. The van der Waals surface area contributed by atoms with Gasteiger partial charge in [-0.1, -0.05) is 94.7 Å². The average Bonchev–Trinajstić information content (AvgIpc) is 1.80. The lowest BCUT2D eigenvalue weighted by atomic mass is 9.92. The first-order valence-electron chi connectivity index (χ1n) is 30.3. The van der Waals surface area contributed by atoms with Gasteiger partial charge in [0.25, 0.3) is 0 Å². The van der Waals surface area contributed by atoms with E-state index in [4.69, 9.17) is 29.9 Å². The average molecular weight is 1160 g/mol. The maximum absolute atomic E-state index is 5.61. The predicted molar refractivity (Wildman–Crippen MR) is 367 cm³/mol. The van der Waals surface area contributed by atoms with Crippen LogP contribution in [0, 0.1) is 138 Å². The van der Waals surface area contributed by atoms with Gasteiger partial charge in [-0.15, -0.1) is 0 Å². The molecule has 8 bridgehead atoms. The number of hydrogen-bond acceptors (Lipinski definition) is 6. The molecule has 7 aromatic rings. The molecule has 0 unspecified atom stereocenters. The third-order valence-corrected chi connectivity index (χ3v) is 13.0. The van der Waals surface area contributed by atoms with Gasteiger partial charge >= 0.3 is 0 Å². The van der Waals surface area contributed by atoms with Crippen LogP contribution in [0.2, 0.25) is 0 Å². The van der Waals surface area contributed by atoms with Crippen molar-refractivity contribution < 1.29 is 0 Å². The third-order valence-electron chi connectivity index (χ3n) is 13.0. The monoisotopic (exact) mass is 1150 g/mol. The molecule has 2 aliphatic heterocycles. The van der Waals surface area contributed by atoms with E-state index >= 15 is 0 Å². The van der Waals surface area contributed by atoms with Crippen molar-refractivity contribution in [1.29, 1.82) is 0 Å². The summed E-state index contributed by atoms with van der Waals surface area (Å²) in [4.78, 5) is 40.8. The molecular formula is C80H82N8. The molecule has 0 fully saturated rings. The number of fused-ring (bicyclic) bond motifs is 20. The van der Waals surface area contributed by atoms with Crippen molar-refractivity contribution in [2.24, 2.45) is 43.3 Å². The van der Waals surface area contributed by atoms with Crippen molar-refractivity contribution in [2.45, 2.75) is 166 Å². The van der Waals surface area contributed by atoms with Crippen molar-refractivity contribution in [3.8, 4) is 140 Å². The molecule has 8 heteroatoms. The number of rotatable bonds is 0. The zero-order chi connectivity index (χ0) is 64.5. The summed E-state index contributed by atoms with van der Waals surface area (Å²) >= 11 is 0. The SMILES string of the molecule is CC(C)(C)C#Cc1ccc2c(c1C#CC(C)(C)C)-c1nc-2nc2[nH]c(nc3nc(nc4[nH]c(n1)c1ccc(C#CC(C)(C)C)c(C#CC(C)(C)C)c41)-c1ccc(C#CC(C)(C)C)c(C#CC(C)(C)C)c1-3)c1ccc(C#CC(C)(C)C)c(C#CC(C)(C)C)c21. The highest BCUT2D eigenvalue weighted by Gasteiger charge is 2.29. The Morgan fingerprint density at radius 3 is 0.773 bits per heavy atom. The van der Waals surface area contributed by atoms with E-state index in [2.05, 4.69) is 271 Å². The normalized spacial score (nSPS) is 12.3. The molecule has 0 saturated carbocycles. The van der Waals surface area contributed by atoms with Gasteiger partial charge in [0, 0.05) is 109 Å². The van der Waals surface area contributed by atoms with Gasteiger partial charge in [0.2, 0.25) is 0 Å². The van der Waals surface area contributed by atoms with Crippen LogP contribution in [0.15, 0.2) is 48.5 Å². The van der Waals surface area contributed by atoms with Gasteiger partial charge in [-0.3, -0.25) is 0 Å². The lowest BCUT2D eigenvalue weighted by Gasteiger charge is -2.11. The fourth-order valence-corrected chi connectivity index (χ4v) is 9.11. The van der Waals surface area contributed by atoms with Gasteiger partial charge in [-0.05, 0) is 215 Å². The molecule has 0 radical (unpaired) electrons. The molecule has 0 aliphatic carbocycles. The highest BCUT2D eigenvalue weighted by molar-refractivity contribution is 6.11. The summed E-state index contributed by atoms with van der Waals surface area (Å²) in [5, 5.41) is 2.97. The van der Waals surface area contributed by atoms with Gasteiger partial charge in [0.15, 0.2) is 23.3 Å². The summed E-state index contributed by atoms with van der Waals surface area (Å²) in [6, 6.07) is 16.3. The molecule has 8 nitrogen and oxygen atoms in total. The lowest BCUT2D eigenvalue weighted by molar-refractivity contribution is 0.570. The first-order chi connectivity index (χ1) is 40.6. The molecule has 2 aliphatic rings. The van der Waals surface area contributed by atoms with E-state index in [0.717, 1.165) is 54.9 Å². The van der Waals surface area contributed by atoms with Crippen LogP contribution >= 0.6 is 0 Å². The number of aromatic nitrogens is 8. The summed E-state index contributed by atoms with van der Waals surface area (Å²) in [7, 11) is 0. The molecule has 0 amide bonds. The zero-order valence-corrected chi connectivity index (χ0v) is 56.3. The smallest absolute Gasteiger partial charge is 0.166 e. The molecule has 5 heterocycles. The molecule has 0 saturated heterocycles. The van der Waals surface area contributed by atoms with Gasteiger partial charge in [-0.25, -0.2) is 29.9 Å². The van der Waals surface area contributed by atoms with Crippen molar-refractivity contribution in [3.63, 3.8) is 0 Å². The number of benzene rings is 4. The molecule has 442 valence electrons. The largest absolute Gasteiger partial charge is 0.324 e. The van der Waals surface area contributed by atoms with E-state index in [0.29, 0.717) is 79.3 Å². The highest BCUT2D eigenvalue weighted by Crippen LogP contribution is 2.42. The van der Waals surface area contributed by atoms with E-state index < -0.39 is 0 Å². The summed E-state index contributed by atoms with van der Waals surface area (Å²) in [6.07, 6.45) is 0. The van der Waals surface area contributed by atoms with E-state index in [1.807, 2.05) is 48.5 Å². The minimum Gasteiger partial charge on any atom is -0.324 e. The molecule has 88 heavy (non-hydrogen) atoms. The number of nitrogens with one attached hydrogen (secondary N) is 2. The third kappa shape index (κ3) is 15.1. The Kier molecular flexibility index (Phi) is 16.1. The van der Waals surface area contributed by atoms with E-state index in [-0.39, 0.29) is 43.3 Å². The number of hydrogen-bond donors (Lipinski definition) is 2. The van der Waals surface area contributed by atoms with Crippen molar-refractivity contribution in [1.82, 2.24) is 39.9 Å². The van der Waals surface area contributed by atoms with Crippen LogP contribution in [0.5, 0.6) is 0 Å². The zero-order valence-electron chi connectivity index (χ0n) is 56.3. The number of H-pyrrole nitrogens is 2. The highest BCUT2D eigenvalue weighted by atomic mass is 15.1. The maximum atomic E-state index is 5.61. The summed E-state index contributed by atoms with van der Waals surface area (Å²) in [5.41, 5.74) is 8.03. The quantitative estimate of drug-likeness (QED) is 0.146. The fourth-order valence-electron chi connectivity index (χ4n) is 9.11. The molecule has 9 rings (SSSR count). The molecular weight excluding hydrogens is 1070 g/mol. The number of nitrogens with zero attached hydrogens (tertiary/aromatic N) is 6. The standard InChI is InChI=1S/C80H82N8/c1-73(2,3)41-33-49-25-29-57-61(53(49)37-45-77(13,14)15)69-81-65(57)86-70-63-55(39-47-79(19,20)21)51(35-43-75(7,8)9)27-31-59(63)67(83-70)88-72-64-56(40-48-80(22,23)24)52(36-44-76(10,11)12)28-32-60(64)68(84-72)87-71-62-54(38-46-78(16,17)18)50(34-42-74(4,5)6)26-30-58(62)66(82-71)85-69/h25-32H,1-24H3,(H2,81,82,83,84,85,86,87,88). The van der Waals surface area contributed by atoms with E-state index in [1.54, 1.807) is 0 Å². The lowest BCUT2D eigenvalue weighted by Crippen LogP contribution is -2.02. The molecule has 4 aromatic carbocycles. The Hall–Kier alpha value is -9.28. The van der Waals surface area contributed by atoms with Gasteiger partial charge in [-0.2, -0.15) is 0 Å². The Bertz CT molecular complexity index is 4530. The Balaban J connectivity index is 1.62. The van der Waals surface area contributed by atoms with Gasteiger partial charge in [0.05, 0.1) is 22.3 Å². The van der Waals surface area contributed by atoms with Crippen molar-refractivity contribution in [3.05, 3.63) is 93.0 Å². The van der Waals surface area contributed by atoms with Crippen LogP contribution in [0.1, 0.15) is 211 Å². The second-order valence-electron chi connectivity index (χ2n) is 31.3. The van der Waals surface area contributed by atoms with Crippen LogP contribution in [0.3, 0.4) is 0 Å². The Morgan fingerprint density at radius 1 is 0.250 bits per heavy atom. The topological polar surface area (TPSA) is 109 Å².